The van der Waals surface area contributed by atoms with Gasteiger partial charge in [-0.25, -0.2) is 0 Å². The largest absolute Gasteiger partial charge is 0.399 e. The minimum absolute atomic E-state index is 0.150. The van der Waals surface area contributed by atoms with Crippen molar-refractivity contribution >= 4 is 17.3 Å². The Morgan fingerprint density at radius 2 is 1.94 bits per heavy atom. The summed E-state index contributed by atoms with van der Waals surface area (Å²) in [5, 5.41) is 2.79. The van der Waals surface area contributed by atoms with Crippen LogP contribution in [-0.2, 0) is 0 Å². The van der Waals surface area contributed by atoms with Gasteiger partial charge in [-0.3, -0.25) is 4.79 Å². The predicted octanol–water partition coefficient (Wildman–Crippen LogP) is 1.55. The zero-order chi connectivity index (χ0) is 12.0. The van der Waals surface area contributed by atoms with E-state index in [0.29, 0.717) is 23.5 Å². The average molecular weight is 219 g/mol. The van der Waals surface area contributed by atoms with Gasteiger partial charge in [-0.15, -0.1) is 0 Å². The lowest BCUT2D eigenvalue weighted by atomic mass is 10.1. The van der Waals surface area contributed by atoms with Crippen molar-refractivity contribution < 1.29 is 4.79 Å². The number of hydrogen-bond acceptors (Lipinski definition) is 3. The number of amides is 1. The quantitative estimate of drug-likeness (QED) is 0.408. The van der Waals surface area contributed by atoms with Gasteiger partial charge >= 0.3 is 0 Å². The summed E-state index contributed by atoms with van der Waals surface area (Å²) < 4.78 is 0. The zero-order valence-corrected chi connectivity index (χ0v) is 9.36. The Labute approximate surface area is 95.3 Å². The maximum Gasteiger partial charge on any atom is 0.251 e. The van der Waals surface area contributed by atoms with Gasteiger partial charge in [0.05, 0.1) is 0 Å². The van der Waals surface area contributed by atoms with Crippen LogP contribution >= 0.6 is 0 Å². The van der Waals surface area contributed by atoms with Gasteiger partial charge < -0.3 is 16.8 Å². The Balaban J connectivity index is 2.59. The second-order valence-corrected chi connectivity index (χ2v) is 3.50. The number of anilines is 2. The fourth-order valence-electron chi connectivity index (χ4n) is 1.35. The second kappa shape index (κ2) is 5.80. The Kier molecular flexibility index (Phi) is 4.39. The average Bonchev–Trinajstić information content (AvgIpc) is 2.22. The molecule has 5 N–H and O–H groups in total. The van der Waals surface area contributed by atoms with E-state index < -0.39 is 0 Å². The van der Waals surface area contributed by atoms with Crippen LogP contribution in [0, 0.1) is 0 Å². The zero-order valence-electron chi connectivity index (χ0n) is 9.36. The summed E-state index contributed by atoms with van der Waals surface area (Å²) in [6.07, 6.45) is 4.76. The molecule has 0 bridgehead atoms. The first-order chi connectivity index (χ1) is 7.63. The molecule has 0 heterocycles. The molecule has 1 amide bonds. The van der Waals surface area contributed by atoms with Gasteiger partial charge in [-0.2, -0.15) is 0 Å². The number of nitrogens with one attached hydrogen (secondary N) is 1. The van der Waals surface area contributed by atoms with Crippen molar-refractivity contribution in [2.24, 2.45) is 0 Å². The molecule has 1 aromatic rings. The van der Waals surface area contributed by atoms with Crippen molar-refractivity contribution in [3.8, 4) is 0 Å². The van der Waals surface area contributed by atoms with Crippen LogP contribution in [-0.4, -0.2) is 12.5 Å². The minimum Gasteiger partial charge on any atom is -0.399 e. The summed E-state index contributed by atoms with van der Waals surface area (Å²) in [5.74, 6) is -0.150. The van der Waals surface area contributed by atoms with Gasteiger partial charge in [-0.05, 0) is 31.5 Å². The van der Waals surface area contributed by atoms with Gasteiger partial charge in [0.2, 0.25) is 0 Å². The van der Waals surface area contributed by atoms with E-state index in [1.54, 1.807) is 18.2 Å². The molecule has 86 valence electrons. The molecule has 0 atom stereocenters. The lowest BCUT2D eigenvalue weighted by Crippen LogP contribution is -2.24. The van der Waals surface area contributed by atoms with Gasteiger partial charge in [-0.1, -0.05) is 12.2 Å². The molecular weight excluding hydrogens is 202 g/mol. The third-order valence-corrected chi connectivity index (χ3v) is 2.07. The summed E-state index contributed by atoms with van der Waals surface area (Å²) >= 11 is 0. The van der Waals surface area contributed by atoms with Crippen LogP contribution in [0.5, 0.6) is 0 Å². The van der Waals surface area contributed by atoms with Crippen LogP contribution in [0.3, 0.4) is 0 Å². The predicted molar refractivity (Wildman–Crippen MR) is 67.0 cm³/mol. The highest BCUT2D eigenvalue weighted by Gasteiger charge is 2.05. The summed E-state index contributed by atoms with van der Waals surface area (Å²) in [5.41, 5.74) is 12.7. The number of hydrogen-bond donors (Lipinski definition) is 3. The fraction of sp³-hybridized carbons (Fsp3) is 0.250. The Morgan fingerprint density at radius 1 is 1.31 bits per heavy atom. The first-order valence-electron chi connectivity index (χ1n) is 5.19. The maximum absolute atomic E-state index is 11.7. The smallest absolute Gasteiger partial charge is 0.251 e. The van der Waals surface area contributed by atoms with E-state index in [2.05, 4.69) is 5.32 Å². The van der Waals surface area contributed by atoms with E-state index in [-0.39, 0.29) is 5.91 Å². The molecule has 0 aliphatic heterocycles. The molecule has 4 heteroatoms. The number of allylic oxidation sites excluding steroid dienone is 1. The van der Waals surface area contributed by atoms with Crippen LogP contribution in [0.15, 0.2) is 30.4 Å². The topological polar surface area (TPSA) is 81.1 Å². The Bertz CT molecular complexity index is 379. The number of rotatable bonds is 4. The van der Waals surface area contributed by atoms with Crippen molar-refractivity contribution in [3.63, 3.8) is 0 Å². The number of benzene rings is 1. The minimum atomic E-state index is -0.150. The highest BCUT2D eigenvalue weighted by atomic mass is 16.1. The molecule has 0 saturated carbocycles. The third kappa shape index (κ3) is 3.65. The molecule has 0 spiro atoms. The molecule has 0 radical (unpaired) electrons. The van der Waals surface area contributed by atoms with Crippen molar-refractivity contribution in [2.45, 2.75) is 13.3 Å². The molecular formula is C12H17N3O. The number of carbonyl (C=O) groups excluding carboxylic acids is 1. The van der Waals surface area contributed by atoms with E-state index in [0.717, 1.165) is 6.42 Å². The van der Waals surface area contributed by atoms with Crippen LogP contribution in [0.25, 0.3) is 0 Å². The first kappa shape index (κ1) is 12.1. The van der Waals surface area contributed by atoms with Crippen molar-refractivity contribution in [1.29, 1.82) is 0 Å². The molecule has 0 saturated heterocycles. The van der Waals surface area contributed by atoms with Crippen LogP contribution in [0.4, 0.5) is 11.4 Å². The molecule has 0 aliphatic rings. The third-order valence-electron chi connectivity index (χ3n) is 2.07. The van der Waals surface area contributed by atoms with E-state index in [9.17, 15) is 4.79 Å². The molecule has 0 aliphatic carbocycles. The molecule has 0 fully saturated rings. The monoisotopic (exact) mass is 219 g/mol. The molecule has 4 nitrogen and oxygen atoms in total. The molecule has 1 rings (SSSR count). The number of carbonyl (C=O) groups is 1. The van der Waals surface area contributed by atoms with Crippen molar-refractivity contribution in [2.75, 3.05) is 18.0 Å². The van der Waals surface area contributed by atoms with Crippen LogP contribution in [0.1, 0.15) is 23.7 Å². The Hall–Kier alpha value is -1.97. The fourth-order valence-corrected chi connectivity index (χ4v) is 1.35. The summed E-state index contributed by atoms with van der Waals surface area (Å²) in [6.45, 7) is 2.55. The standard InChI is InChI=1S/C12H17N3O/c1-2-3-4-5-15-12(16)9-6-10(13)8-11(14)7-9/h2-3,6-8H,4-5,13-14H2,1H3,(H,15,16)/b3-2+. The van der Waals surface area contributed by atoms with E-state index in [1.165, 1.54) is 0 Å². The second-order valence-electron chi connectivity index (χ2n) is 3.50. The first-order valence-corrected chi connectivity index (χ1v) is 5.19. The maximum atomic E-state index is 11.7. The molecule has 1 aromatic carbocycles. The van der Waals surface area contributed by atoms with Crippen LogP contribution in [0.2, 0.25) is 0 Å². The van der Waals surface area contributed by atoms with Gasteiger partial charge in [0, 0.05) is 23.5 Å². The highest BCUT2D eigenvalue weighted by Crippen LogP contribution is 2.13. The number of nitrogens with two attached hydrogens (primary N) is 2. The lowest BCUT2D eigenvalue weighted by molar-refractivity contribution is 0.0954. The van der Waals surface area contributed by atoms with Gasteiger partial charge in [0.1, 0.15) is 0 Å². The van der Waals surface area contributed by atoms with Gasteiger partial charge in [0.25, 0.3) is 5.91 Å². The van der Waals surface area contributed by atoms with Gasteiger partial charge in [0.15, 0.2) is 0 Å². The summed E-state index contributed by atoms with van der Waals surface area (Å²) in [6, 6.07) is 4.85. The number of nitrogen functional groups attached to an aromatic ring is 2. The van der Waals surface area contributed by atoms with Crippen molar-refractivity contribution in [3.05, 3.63) is 35.9 Å². The lowest BCUT2D eigenvalue weighted by Gasteiger charge is -2.05. The molecule has 16 heavy (non-hydrogen) atoms. The normalized spacial score (nSPS) is 10.6. The summed E-state index contributed by atoms with van der Waals surface area (Å²) in [4.78, 5) is 11.7. The summed E-state index contributed by atoms with van der Waals surface area (Å²) in [7, 11) is 0. The highest BCUT2D eigenvalue weighted by molar-refractivity contribution is 5.96. The van der Waals surface area contributed by atoms with E-state index >= 15 is 0 Å². The molecule has 0 aromatic heterocycles. The van der Waals surface area contributed by atoms with E-state index in [4.69, 9.17) is 11.5 Å². The molecule has 0 unspecified atom stereocenters. The van der Waals surface area contributed by atoms with E-state index in [1.807, 2.05) is 19.1 Å². The van der Waals surface area contributed by atoms with Crippen LogP contribution < -0.4 is 16.8 Å². The Morgan fingerprint density at radius 3 is 2.50 bits per heavy atom. The SMILES string of the molecule is C/C=C/CCNC(=O)c1cc(N)cc(N)c1. The van der Waals surface area contributed by atoms with Crippen molar-refractivity contribution in [1.82, 2.24) is 5.32 Å².